The van der Waals surface area contributed by atoms with Gasteiger partial charge in [0, 0.05) is 20.1 Å². The molecule has 0 saturated heterocycles. The zero-order valence-corrected chi connectivity index (χ0v) is 12.3. The van der Waals surface area contributed by atoms with Crippen LogP contribution >= 0.6 is 0 Å². The molecule has 0 aromatic heterocycles. The second kappa shape index (κ2) is 7.11. The second-order valence-corrected chi connectivity index (χ2v) is 5.65. The SMILES string of the molecule is CN(C)C(=O)CN(CC(F)(F)F)C(=O)C1CCCCC1N. The van der Waals surface area contributed by atoms with E-state index in [9.17, 15) is 22.8 Å². The van der Waals surface area contributed by atoms with Gasteiger partial charge in [-0.1, -0.05) is 12.8 Å². The van der Waals surface area contributed by atoms with Crippen LogP contribution in [-0.2, 0) is 9.59 Å². The lowest BCUT2D eigenvalue weighted by molar-refractivity contribution is -0.167. The Balaban J connectivity index is 2.83. The Morgan fingerprint density at radius 3 is 2.24 bits per heavy atom. The van der Waals surface area contributed by atoms with E-state index in [-0.39, 0.29) is 0 Å². The summed E-state index contributed by atoms with van der Waals surface area (Å²) in [6.07, 6.45) is -1.80. The molecule has 1 aliphatic rings. The maximum atomic E-state index is 12.6. The van der Waals surface area contributed by atoms with Gasteiger partial charge in [0.05, 0.1) is 5.92 Å². The van der Waals surface area contributed by atoms with E-state index in [1.807, 2.05) is 0 Å². The highest BCUT2D eigenvalue weighted by atomic mass is 19.4. The number of likely N-dealkylation sites (N-methyl/N-ethyl adjacent to an activating group) is 1. The van der Waals surface area contributed by atoms with Crippen LogP contribution < -0.4 is 5.73 Å². The average molecular weight is 309 g/mol. The summed E-state index contributed by atoms with van der Waals surface area (Å²) in [5.74, 6) is -1.84. The first-order valence-electron chi connectivity index (χ1n) is 6.93. The van der Waals surface area contributed by atoms with Crippen molar-refractivity contribution >= 4 is 11.8 Å². The van der Waals surface area contributed by atoms with Gasteiger partial charge >= 0.3 is 6.18 Å². The van der Waals surface area contributed by atoms with Crippen LogP contribution in [0.15, 0.2) is 0 Å². The van der Waals surface area contributed by atoms with Crippen molar-refractivity contribution in [3.05, 3.63) is 0 Å². The van der Waals surface area contributed by atoms with Crippen molar-refractivity contribution in [2.75, 3.05) is 27.2 Å². The van der Waals surface area contributed by atoms with Crippen molar-refractivity contribution in [2.45, 2.75) is 37.9 Å². The molecular formula is C13H22F3N3O2. The second-order valence-electron chi connectivity index (χ2n) is 5.65. The summed E-state index contributed by atoms with van der Waals surface area (Å²) in [7, 11) is 2.87. The maximum Gasteiger partial charge on any atom is 0.406 e. The Hall–Kier alpha value is -1.31. The highest BCUT2D eigenvalue weighted by molar-refractivity contribution is 5.86. The van der Waals surface area contributed by atoms with Gasteiger partial charge in [0.25, 0.3) is 0 Å². The molecule has 1 aliphatic carbocycles. The highest BCUT2D eigenvalue weighted by Crippen LogP contribution is 2.26. The van der Waals surface area contributed by atoms with Crippen molar-refractivity contribution in [2.24, 2.45) is 11.7 Å². The van der Waals surface area contributed by atoms with Crippen LogP contribution in [0.1, 0.15) is 25.7 Å². The number of amides is 2. The molecule has 1 fully saturated rings. The normalized spacial score (nSPS) is 22.8. The van der Waals surface area contributed by atoms with Crippen LogP contribution in [0.2, 0.25) is 0 Å². The molecule has 2 amide bonds. The van der Waals surface area contributed by atoms with Crippen LogP contribution in [0.5, 0.6) is 0 Å². The van der Waals surface area contributed by atoms with E-state index in [1.165, 1.54) is 14.1 Å². The summed E-state index contributed by atoms with van der Waals surface area (Å²) in [5, 5.41) is 0. The predicted octanol–water partition coefficient (Wildman–Crippen LogP) is 0.983. The van der Waals surface area contributed by atoms with Crippen LogP contribution in [0.4, 0.5) is 13.2 Å². The summed E-state index contributed by atoms with van der Waals surface area (Å²) in [5.41, 5.74) is 5.85. The van der Waals surface area contributed by atoms with E-state index in [0.29, 0.717) is 17.7 Å². The minimum absolute atomic E-state index is 0.434. The first-order valence-corrected chi connectivity index (χ1v) is 6.93. The topological polar surface area (TPSA) is 66.6 Å². The molecule has 5 nitrogen and oxygen atoms in total. The maximum absolute atomic E-state index is 12.6. The molecule has 0 aromatic rings. The molecule has 8 heteroatoms. The number of hydrogen-bond acceptors (Lipinski definition) is 3. The fraction of sp³-hybridized carbons (Fsp3) is 0.846. The van der Waals surface area contributed by atoms with Crippen LogP contribution in [-0.4, -0.2) is 61.0 Å². The Kier molecular flexibility index (Phi) is 6.00. The fourth-order valence-electron chi connectivity index (χ4n) is 2.43. The molecule has 0 aliphatic heterocycles. The molecule has 0 radical (unpaired) electrons. The van der Waals surface area contributed by atoms with E-state index in [1.54, 1.807) is 0 Å². The van der Waals surface area contributed by atoms with Gasteiger partial charge < -0.3 is 15.5 Å². The van der Waals surface area contributed by atoms with Gasteiger partial charge in [-0.15, -0.1) is 0 Å². The summed E-state index contributed by atoms with van der Waals surface area (Å²) < 4.78 is 37.9. The lowest BCUT2D eigenvalue weighted by atomic mass is 9.84. The van der Waals surface area contributed by atoms with Gasteiger partial charge in [0.15, 0.2) is 0 Å². The zero-order chi connectivity index (χ0) is 16.2. The van der Waals surface area contributed by atoms with E-state index in [4.69, 9.17) is 5.73 Å². The number of rotatable bonds is 4. The molecule has 0 heterocycles. The first-order chi connectivity index (χ1) is 9.61. The monoisotopic (exact) mass is 309 g/mol. The standard InChI is InChI=1S/C13H22F3N3O2/c1-18(2)11(20)7-19(8-13(14,15)16)12(21)9-5-3-4-6-10(9)17/h9-10H,3-8,17H2,1-2H3. The Morgan fingerprint density at radius 1 is 1.19 bits per heavy atom. The van der Waals surface area contributed by atoms with Gasteiger partial charge in [-0.25, -0.2) is 0 Å². The molecule has 2 atom stereocenters. The van der Waals surface area contributed by atoms with Gasteiger partial charge in [-0.2, -0.15) is 13.2 Å². The number of carbonyl (C=O) groups excluding carboxylic acids is 2. The Bertz CT molecular complexity index is 385. The summed E-state index contributed by atoms with van der Waals surface area (Å²) >= 11 is 0. The van der Waals surface area contributed by atoms with E-state index in [0.717, 1.165) is 17.7 Å². The molecule has 21 heavy (non-hydrogen) atoms. The van der Waals surface area contributed by atoms with Crippen molar-refractivity contribution < 1.29 is 22.8 Å². The first kappa shape index (κ1) is 17.7. The van der Waals surface area contributed by atoms with Crippen molar-refractivity contribution in [1.29, 1.82) is 0 Å². The highest BCUT2D eigenvalue weighted by Gasteiger charge is 2.38. The number of nitrogens with two attached hydrogens (primary N) is 1. The summed E-state index contributed by atoms with van der Waals surface area (Å²) in [6.45, 7) is -2.00. The number of hydrogen-bond donors (Lipinski definition) is 1. The van der Waals surface area contributed by atoms with Crippen molar-refractivity contribution in [3.63, 3.8) is 0 Å². The van der Waals surface area contributed by atoms with Gasteiger partial charge in [0.2, 0.25) is 11.8 Å². The fourth-order valence-corrected chi connectivity index (χ4v) is 2.43. The van der Waals surface area contributed by atoms with Crippen LogP contribution in [0.3, 0.4) is 0 Å². The van der Waals surface area contributed by atoms with Crippen LogP contribution in [0.25, 0.3) is 0 Å². The lowest BCUT2D eigenvalue weighted by Crippen LogP contribution is -2.51. The molecule has 2 unspecified atom stereocenters. The minimum atomic E-state index is -4.54. The number of nitrogens with zero attached hydrogens (tertiary/aromatic N) is 2. The molecule has 1 rings (SSSR count). The van der Waals surface area contributed by atoms with E-state index in [2.05, 4.69) is 0 Å². The number of halogens is 3. The smallest absolute Gasteiger partial charge is 0.347 e. The Morgan fingerprint density at radius 2 is 1.76 bits per heavy atom. The van der Waals surface area contributed by atoms with Gasteiger partial charge in [-0.3, -0.25) is 9.59 Å². The minimum Gasteiger partial charge on any atom is -0.347 e. The number of carbonyl (C=O) groups is 2. The van der Waals surface area contributed by atoms with E-state index < -0.39 is 43.0 Å². The molecule has 0 aromatic carbocycles. The molecule has 122 valence electrons. The van der Waals surface area contributed by atoms with Gasteiger partial charge in [-0.05, 0) is 12.8 Å². The van der Waals surface area contributed by atoms with E-state index >= 15 is 0 Å². The third-order valence-corrected chi connectivity index (χ3v) is 3.64. The molecule has 0 bridgehead atoms. The predicted molar refractivity (Wildman–Crippen MR) is 71.3 cm³/mol. The average Bonchev–Trinajstić information content (AvgIpc) is 2.36. The molecular weight excluding hydrogens is 287 g/mol. The van der Waals surface area contributed by atoms with Crippen molar-refractivity contribution in [1.82, 2.24) is 9.80 Å². The third kappa shape index (κ3) is 5.53. The van der Waals surface area contributed by atoms with Gasteiger partial charge in [0.1, 0.15) is 13.1 Å². The summed E-state index contributed by atoms with van der Waals surface area (Å²) in [6, 6.07) is -0.434. The zero-order valence-electron chi connectivity index (χ0n) is 12.3. The molecule has 1 saturated carbocycles. The molecule has 0 spiro atoms. The Labute approximate surface area is 122 Å². The molecule has 2 N–H and O–H groups in total. The quantitative estimate of drug-likeness (QED) is 0.842. The third-order valence-electron chi connectivity index (χ3n) is 3.64. The van der Waals surface area contributed by atoms with Crippen LogP contribution in [0, 0.1) is 5.92 Å². The number of alkyl halides is 3. The largest absolute Gasteiger partial charge is 0.406 e. The van der Waals surface area contributed by atoms with Crippen molar-refractivity contribution in [3.8, 4) is 0 Å². The summed E-state index contributed by atoms with van der Waals surface area (Å²) in [4.78, 5) is 25.7. The lowest BCUT2D eigenvalue weighted by Gasteiger charge is -2.33.